The maximum atomic E-state index is 14.0. The van der Waals surface area contributed by atoms with Crippen molar-refractivity contribution in [3.05, 3.63) is 83.1 Å². The van der Waals surface area contributed by atoms with Crippen LogP contribution >= 0.6 is 0 Å². The third-order valence-electron chi connectivity index (χ3n) is 7.54. The standard InChI is InChI=1S/C29H24N2O6/c1-17-18-7-2-5-10-22(18)37-26(17)27(32)30-11-6-12-31-21-9-4-3-8-19(21)29(28(31)33)15-34-23-14-25-24(13-20(23)29)35-16-36-25/h2-5,7-10,13-14H,6,11-12,15-16H2,1H3,(H,30,32). The number of furan rings is 1. The van der Waals surface area contributed by atoms with Gasteiger partial charge < -0.3 is 28.8 Å². The van der Waals surface area contributed by atoms with Crippen LogP contribution in [0, 0.1) is 6.92 Å². The van der Waals surface area contributed by atoms with Gasteiger partial charge in [0.15, 0.2) is 17.3 Å². The van der Waals surface area contributed by atoms with Crippen molar-refractivity contribution in [1.29, 1.82) is 0 Å². The largest absolute Gasteiger partial charge is 0.491 e. The second-order valence-electron chi connectivity index (χ2n) is 9.53. The number of nitrogens with one attached hydrogen (secondary N) is 1. The van der Waals surface area contributed by atoms with Crippen LogP contribution in [0.25, 0.3) is 11.0 Å². The Morgan fingerprint density at radius 1 is 0.973 bits per heavy atom. The molecule has 4 aromatic rings. The summed E-state index contributed by atoms with van der Waals surface area (Å²) in [5.41, 5.74) is 3.16. The van der Waals surface area contributed by atoms with Gasteiger partial charge >= 0.3 is 0 Å². The summed E-state index contributed by atoms with van der Waals surface area (Å²) < 4.78 is 22.9. The van der Waals surface area contributed by atoms with Crippen LogP contribution < -0.4 is 24.4 Å². The van der Waals surface area contributed by atoms with Crippen LogP contribution in [0.4, 0.5) is 5.69 Å². The van der Waals surface area contributed by atoms with Gasteiger partial charge in [-0.15, -0.1) is 0 Å². The molecule has 4 heterocycles. The van der Waals surface area contributed by atoms with Crippen LogP contribution in [-0.2, 0) is 10.2 Å². The fraction of sp³-hybridized carbons (Fsp3) is 0.241. The van der Waals surface area contributed by atoms with Crippen molar-refractivity contribution < 1.29 is 28.2 Å². The number of para-hydroxylation sites is 2. The molecule has 0 saturated heterocycles. The zero-order valence-electron chi connectivity index (χ0n) is 20.2. The first kappa shape index (κ1) is 21.8. The number of amides is 2. The third-order valence-corrected chi connectivity index (χ3v) is 7.54. The predicted molar refractivity (Wildman–Crippen MR) is 136 cm³/mol. The molecule has 3 aliphatic rings. The molecule has 186 valence electrons. The highest BCUT2D eigenvalue weighted by atomic mass is 16.7. The van der Waals surface area contributed by atoms with Crippen LogP contribution in [0.1, 0.15) is 33.7 Å². The fourth-order valence-electron chi connectivity index (χ4n) is 5.70. The van der Waals surface area contributed by atoms with E-state index in [4.69, 9.17) is 18.6 Å². The summed E-state index contributed by atoms with van der Waals surface area (Å²) in [7, 11) is 0. The Labute approximate surface area is 212 Å². The van der Waals surface area contributed by atoms with E-state index >= 15 is 0 Å². The first-order chi connectivity index (χ1) is 18.1. The summed E-state index contributed by atoms with van der Waals surface area (Å²) in [6.07, 6.45) is 0.579. The van der Waals surface area contributed by atoms with Gasteiger partial charge in [-0.05, 0) is 37.1 Å². The first-order valence-electron chi connectivity index (χ1n) is 12.3. The number of hydrogen-bond acceptors (Lipinski definition) is 6. The topological polar surface area (TPSA) is 90.2 Å². The minimum atomic E-state index is -0.929. The maximum Gasteiger partial charge on any atom is 0.287 e. The Bertz CT molecular complexity index is 1590. The minimum Gasteiger partial charge on any atom is -0.491 e. The number of nitrogens with zero attached hydrogens (tertiary/aromatic N) is 1. The number of carbonyl (C=O) groups excluding carboxylic acids is 2. The first-order valence-corrected chi connectivity index (χ1v) is 12.3. The summed E-state index contributed by atoms with van der Waals surface area (Å²) in [4.78, 5) is 28.6. The molecule has 1 aromatic heterocycles. The molecule has 0 aliphatic carbocycles. The molecule has 7 rings (SSSR count). The van der Waals surface area contributed by atoms with Crippen molar-refractivity contribution in [2.45, 2.75) is 18.8 Å². The quantitative estimate of drug-likeness (QED) is 0.414. The lowest BCUT2D eigenvalue weighted by molar-refractivity contribution is -0.122. The van der Waals surface area contributed by atoms with E-state index in [1.165, 1.54) is 0 Å². The van der Waals surface area contributed by atoms with Gasteiger partial charge in [0.1, 0.15) is 23.4 Å². The van der Waals surface area contributed by atoms with Gasteiger partial charge in [0.25, 0.3) is 5.91 Å². The Kier molecular flexibility index (Phi) is 4.73. The molecule has 8 nitrogen and oxygen atoms in total. The SMILES string of the molecule is Cc1c(C(=O)NCCCN2C(=O)C3(COc4cc5c(cc43)OCO5)c3ccccc32)oc2ccccc12. The molecule has 3 aromatic carbocycles. The van der Waals surface area contributed by atoms with E-state index in [2.05, 4.69) is 5.32 Å². The Morgan fingerprint density at radius 2 is 1.76 bits per heavy atom. The van der Waals surface area contributed by atoms with Gasteiger partial charge in [-0.3, -0.25) is 9.59 Å². The predicted octanol–water partition coefficient (Wildman–Crippen LogP) is 4.32. The highest BCUT2D eigenvalue weighted by Gasteiger charge is 2.57. The number of aryl methyl sites for hydroxylation is 1. The molecule has 0 radical (unpaired) electrons. The maximum absolute atomic E-state index is 14.0. The van der Waals surface area contributed by atoms with E-state index in [0.29, 0.717) is 48.1 Å². The highest BCUT2D eigenvalue weighted by Crippen LogP contribution is 2.54. The summed E-state index contributed by atoms with van der Waals surface area (Å²) in [5.74, 6) is 1.92. The van der Waals surface area contributed by atoms with E-state index < -0.39 is 5.41 Å². The third kappa shape index (κ3) is 3.08. The second-order valence-corrected chi connectivity index (χ2v) is 9.53. The zero-order chi connectivity index (χ0) is 25.1. The molecule has 2 amide bonds. The van der Waals surface area contributed by atoms with Crippen LogP contribution in [0.2, 0.25) is 0 Å². The summed E-state index contributed by atoms with van der Waals surface area (Å²) in [6.45, 7) is 3.12. The van der Waals surface area contributed by atoms with Gasteiger partial charge in [-0.1, -0.05) is 36.4 Å². The second kappa shape index (κ2) is 8.03. The van der Waals surface area contributed by atoms with E-state index in [1.807, 2.05) is 61.5 Å². The Hall–Kier alpha value is -4.46. The Balaban J connectivity index is 1.10. The number of benzene rings is 3. The number of carbonyl (C=O) groups is 2. The molecule has 8 heteroatoms. The van der Waals surface area contributed by atoms with Crippen molar-refractivity contribution in [2.24, 2.45) is 0 Å². The number of anilines is 1. The summed E-state index contributed by atoms with van der Waals surface area (Å²) in [6, 6.07) is 19.1. The lowest BCUT2D eigenvalue weighted by Crippen LogP contribution is -2.43. The molecular weight excluding hydrogens is 472 g/mol. The molecular formula is C29H24N2O6. The van der Waals surface area contributed by atoms with Gasteiger partial charge in [-0.2, -0.15) is 0 Å². The Morgan fingerprint density at radius 3 is 2.62 bits per heavy atom. The van der Waals surface area contributed by atoms with Crippen molar-refractivity contribution in [3.8, 4) is 17.2 Å². The van der Waals surface area contributed by atoms with E-state index in [1.54, 1.807) is 11.0 Å². The molecule has 1 unspecified atom stereocenters. The van der Waals surface area contributed by atoms with Gasteiger partial charge in [0.2, 0.25) is 12.7 Å². The molecule has 0 saturated carbocycles. The van der Waals surface area contributed by atoms with Crippen LogP contribution in [-0.4, -0.2) is 38.3 Å². The van der Waals surface area contributed by atoms with E-state index in [9.17, 15) is 9.59 Å². The van der Waals surface area contributed by atoms with Crippen LogP contribution in [0.3, 0.4) is 0 Å². The number of ether oxygens (including phenoxy) is 3. The number of hydrogen-bond donors (Lipinski definition) is 1. The summed E-state index contributed by atoms with van der Waals surface area (Å²) >= 11 is 0. The van der Waals surface area contributed by atoms with Gasteiger partial charge in [0.05, 0.1) is 0 Å². The van der Waals surface area contributed by atoms with E-state index in [-0.39, 0.29) is 25.2 Å². The number of fused-ring (bicyclic) bond motifs is 6. The lowest BCUT2D eigenvalue weighted by atomic mass is 9.77. The highest BCUT2D eigenvalue weighted by molar-refractivity contribution is 6.11. The molecule has 1 spiro atoms. The smallest absolute Gasteiger partial charge is 0.287 e. The average Bonchev–Trinajstić information content (AvgIpc) is 3.67. The molecule has 0 bridgehead atoms. The molecule has 1 N–H and O–H groups in total. The fourth-order valence-corrected chi connectivity index (χ4v) is 5.70. The molecule has 0 fully saturated rings. The molecule has 3 aliphatic heterocycles. The average molecular weight is 497 g/mol. The van der Waals surface area contributed by atoms with Crippen LogP contribution in [0.5, 0.6) is 17.2 Å². The van der Waals surface area contributed by atoms with Crippen molar-refractivity contribution in [2.75, 3.05) is 31.4 Å². The monoisotopic (exact) mass is 496 g/mol. The molecule has 37 heavy (non-hydrogen) atoms. The zero-order valence-corrected chi connectivity index (χ0v) is 20.2. The van der Waals surface area contributed by atoms with Gasteiger partial charge in [-0.25, -0.2) is 0 Å². The molecule has 1 atom stereocenters. The normalized spacial score (nSPS) is 18.8. The van der Waals surface area contributed by atoms with Crippen molar-refractivity contribution in [3.63, 3.8) is 0 Å². The van der Waals surface area contributed by atoms with Gasteiger partial charge in [0, 0.05) is 41.4 Å². The lowest BCUT2D eigenvalue weighted by Gasteiger charge is -2.23. The summed E-state index contributed by atoms with van der Waals surface area (Å²) in [5, 5.41) is 3.87. The van der Waals surface area contributed by atoms with E-state index in [0.717, 1.165) is 27.8 Å². The number of rotatable bonds is 5. The van der Waals surface area contributed by atoms with Crippen LogP contribution in [0.15, 0.2) is 65.1 Å². The van der Waals surface area contributed by atoms with Crippen molar-refractivity contribution in [1.82, 2.24) is 5.32 Å². The van der Waals surface area contributed by atoms with Crippen molar-refractivity contribution >= 4 is 28.5 Å². The minimum absolute atomic E-state index is 0.0363.